The van der Waals surface area contributed by atoms with E-state index in [1.807, 2.05) is 37.3 Å². The van der Waals surface area contributed by atoms with Gasteiger partial charge in [0.2, 0.25) is 10.0 Å². The van der Waals surface area contributed by atoms with Gasteiger partial charge in [-0.2, -0.15) is 4.72 Å². The number of carbonyl (C=O) groups excluding carboxylic acids is 1. The van der Waals surface area contributed by atoms with Gasteiger partial charge in [0.1, 0.15) is 18.4 Å². The first kappa shape index (κ1) is 30.3. The molecule has 7 nitrogen and oxygen atoms in total. The van der Waals surface area contributed by atoms with Crippen molar-refractivity contribution >= 4 is 24.3 Å². The van der Waals surface area contributed by atoms with Crippen LogP contribution in [0.2, 0.25) is 18.1 Å². The van der Waals surface area contributed by atoms with Gasteiger partial charge in [0.15, 0.2) is 8.32 Å². The first-order valence-electron chi connectivity index (χ1n) is 13.5. The molecule has 1 fully saturated rings. The van der Waals surface area contributed by atoms with E-state index in [2.05, 4.69) is 38.6 Å². The summed E-state index contributed by atoms with van der Waals surface area (Å²) in [5, 5.41) is 0.112. The van der Waals surface area contributed by atoms with Crippen LogP contribution in [-0.4, -0.2) is 41.5 Å². The Balaban J connectivity index is 1.74. The number of esters is 1. The van der Waals surface area contributed by atoms with Crippen molar-refractivity contribution < 1.29 is 27.1 Å². The summed E-state index contributed by atoms with van der Waals surface area (Å²) in [4.78, 5) is 13.4. The third kappa shape index (κ3) is 8.15. The zero-order valence-corrected chi connectivity index (χ0v) is 25.3. The molecule has 38 heavy (non-hydrogen) atoms. The molecule has 2 aromatic rings. The van der Waals surface area contributed by atoms with Crippen molar-refractivity contribution in [1.29, 1.82) is 0 Å². The van der Waals surface area contributed by atoms with Crippen LogP contribution in [0.5, 0.6) is 5.75 Å². The third-order valence-electron chi connectivity index (χ3n) is 7.66. The van der Waals surface area contributed by atoms with Gasteiger partial charge in [-0.15, -0.1) is 0 Å². The van der Waals surface area contributed by atoms with Gasteiger partial charge in [-0.3, -0.25) is 4.79 Å². The summed E-state index contributed by atoms with van der Waals surface area (Å²) in [5.41, 5.74) is 0.848. The van der Waals surface area contributed by atoms with Gasteiger partial charge < -0.3 is 13.9 Å². The molecule has 0 bridgehead atoms. The molecule has 0 spiro atoms. The first-order valence-corrected chi connectivity index (χ1v) is 17.8. The Labute approximate surface area is 229 Å². The van der Waals surface area contributed by atoms with Crippen molar-refractivity contribution in [2.45, 2.75) is 95.2 Å². The monoisotopic (exact) mass is 561 g/mol. The molecule has 0 aliphatic heterocycles. The number of benzene rings is 2. The molecule has 0 aromatic heterocycles. The Hall–Kier alpha value is -2.20. The van der Waals surface area contributed by atoms with Crippen LogP contribution in [0.3, 0.4) is 0 Å². The lowest BCUT2D eigenvalue weighted by Gasteiger charge is -2.42. The van der Waals surface area contributed by atoms with E-state index in [0.717, 1.165) is 18.4 Å². The van der Waals surface area contributed by atoms with E-state index in [1.165, 1.54) is 12.1 Å². The number of rotatable bonds is 11. The molecule has 0 radical (unpaired) electrons. The maximum atomic E-state index is 13.3. The Bertz CT molecular complexity index is 1140. The lowest BCUT2D eigenvalue weighted by Crippen LogP contribution is -2.49. The van der Waals surface area contributed by atoms with Crippen LogP contribution in [0.4, 0.5) is 0 Å². The molecule has 1 aliphatic carbocycles. The van der Waals surface area contributed by atoms with Gasteiger partial charge in [-0.05, 0) is 86.5 Å². The van der Waals surface area contributed by atoms with Gasteiger partial charge in [0.25, 0.3) is 0 Å². The molecule has 1 aliphatic rings. The van der Waals surface area contributed by atoms with Gasteiger partial charge >= 0.3 is 5.97 Å². The number of hydrogen-bond donors (Lipinski definition) is 1. The van der Waals surface area contributed by atoms with Crippen LogP contribution in [0.25, 0.3) is 0 Å². The minimum Gasteiger partial charge on any atom is -0.494 e. The second kappa shape index (κ2) is 12.8. The number of sulfonamides is 1. The topological polar surface area (TPSA) is 90.9 Å². The Morgan fingerprint density at radius 3 is 2.16 bits per heavy atom. The van der Waals surface area contributed by atoms with E-state index in [-0.39, 0.29) is 28.6 Å². The number of carbonyl (C=O) groups is 1. The quantitative estimate of drug-likeness (QED) is 0.265. The highest BCUT2D eigenvalue weighted by Crippen LogP contribution is 2.40. The van der Waals surface area contributed by atoms with Crippen molar-refractivity contribution in [2.75, 3.05) is 6.61 Å². The van der Waals surface area contributed by atoms with E-state index in [0.29, 0.717) is 25.2 Å². The lowest BCUT2D eigenvalue weighted by atomic mass is 9.83. The Morgan fingerprint density at radius 1 is 1.00 bits per heavy atom. The molecule has 0 heterocycles. The maximum absolute atomic E-state index is 13.3. The molecule has 2 aromatic carbocycles. The minimum atomic E-state index is -3.96. The van der Waals surface area contributed by atoms with Crippen LogP contribution >= 0.6 is 0 Å². The Kier molecular flexibility index (Phi) is 10.2. The van der Waals surface area contributed by atoms with E-state index >= 15 is 0 Å². The summed E-state index contributed by atoms with van der Waals surface area (Å²) in [5.74, 6) is -0.155. The minimum absolute atomic E-state index is 0.0803. The molecular weight excluding hydrogens is 518 g/mol. The highest BCUT2D eigenvalue weighted by molar-refractivity contribution is 7.89. The van der Waals surface area contributed by atoms with Gasteiger partial charge in [0, 0.05) is 6.10 Å². The summed E-state index contributed by atoms with van der Waals surface area (Å²) >= 11 is 0. The summed E-state index contributed by atoms with van der Waals surface area (Å²) in [7, 11) is -5.88. The predicted octanol–water partition coefficient (Wildman–Crippen LogP) is 6.06. The van der Waals surface area contributed by atoms with Crippen LogP contribution in [-0.2, 0) is 30.6 Å². The SMILES string of the molecule is CCOc1ccc(S(=O)(=O)NC(C(=O)OCc2ccccc2)C2CCC(O[Si](C)(C)C(C)(C)C)CC2)cc1. The first-order chi connectivity index (χ1) is 17.8. The largest absolute Gasteiger partial charge is 0.494 e. The molecule has 210 valence electrons. The van der Waals surface area contributed by atoms with Crippen molar-refractivity contribution in [3.8, 4) is 5.75 Å². The zero-order chi connectivity index (χ0) is 28.0. The average Bonchev–Trinajstić information content (AvgIpc) is 2.87. The van der Waals surface area contributed by atoms with Crippen molar-refractivity contribution in [1.82, 2.24) is 4.72 Å². The fourth-order valence-corrected chi connectivity index (χ4v) is 7.08. The molecule has 3 rings (SSSR count). The highest BCUT2D eigenvalue weighted by atomic mass is 32.2. The fourth-order valence-electron chi connectivity index (χ4n) is 4.41. The van der Waals surface area contributed by atoms with Crippen LogP contribution < -0.4 is 9.46 Å². The van der Waals surface area contributed by atoms with Crippen LogP contribution in [0, 0.1) is 5.92 Å². The standard InChI is InChI=1S/C29H43NO6SSi/c1-7-34-24-17-19-26(20-18-24)37(32,33)30-27(28(31)35-21-22-11-9-8-10-12-22)23-13-15-25(16-14-23)36-38(5,6)29(2,3)4/h8-12,17-20,23,25,27,30H,7,13-16,21H2,1-6H3. The van der Waals surface area contributed by atoms with Crippen molar-refractivity contribution in [3.05, 3.63) is 60.2 Å². The predicted molar refractivity (Wildman–Crippen MR) is 152 cm³/mol. The lowest BCUT2D eigenvalue weighted by molar-refractivity contribution is -0.149. The van der Waals surface area contributed by atoms with Crippen molar-refractivity contribution in [2.24, 2.45) is 5.92 Å². The Morgan fingerprint density at radius 2 is 1.61 bits per heavy atom. The molecule has 9 heteroatoms. The number of hydrogen-bond acceptors (Lipinski definition) is 6. The van der Waals surface area contributed by atoms with Crippen LogP contribution in [0.1, 0.15) is 58.9 Å². The van der Waals surface area contributed by atoms with E-state index in [4.69, 9.17) is 13.9 Å². The summed E-state index contributed by atoms with van der Waals surface area (Å²) < 4.78 is 47.0. The summed E-state index contributed by atoms with van der Waals surface area (Å²) in [6.07, 6.45) is 3.04. The molecule has 1 unspecified atom stereocenters. The number of ether oxygens (including phenoxy) is 2. The summed E-state index contributed by atoms with van der Waals surface area (Å²) in [6.45, 7) is 13.6. The normalized spacial score (nSPS) is 19.5. The smallest absolute Gasteiger partial charge is 0.324 e. The van der Waals surface area contributed by atoms with E-state index in [9.17, 15) is 13.2 Å². The highest BCUT2D eigenvalue weighted by Gasteiger charge is 2.42. The molecule has 1 saturated carbocycles. The molecule has 1 N–H and O–H groups in total. The van der Waals surface area contributed by atoms with Gasteiger partial charge in [-0.25, -0.2) is 8.42 Å². The molecule has 1 atom stereocenters. The molecule has 0 saturated heterocycles. The zero-order valence-electron chi connectivity index (χ0n) is 23.5. The second-order valence-corrected chi connectivity index (χ2v) is 18.0. The second-order valence-electron chi connectivity index (χ2n) is 11.5. The average molecular weight is 562 g/mol. The summed E-state index contributed by atoms with van der Waals surface area (Å²) in [6, 6.07) is 14.6. The number of nitrogens with one attached hydrogen (secondary N) is 1. The maximum Gasteiger partial charge on any atom is 0.324 e. The van der Waals surface area contributed by atoms with Gasteiger partial charge in [-0.1, -0.05) is 51.1 Å². The third-order valence-corrected chi connectivity index (χ3v) is 13.7. The van der Waals surface area contributed by atoms with Gasteiger partial charge in [0.05, 0.1) is 11.5 Å². The van der Waals surface area contributed by atoms with Crippen molar-refractivity contribution in [3.63, 3.8) is 0 Å². The molecule has 0 amide bonds. The van der Waals surface area contributed by atoms with E-state index < -0.39 is 30.4 Å². The van der Waals surface area contributed by atoms with Crippen LogP contribution in [0.15, 0.2) is 59.5 Å². The van der Waals surface area contributed by atoms with E-state index in [1.54, 1.807) is 12.1 Å². The fraction of sp³-hybridized carbons (Fsp3) is 0.552. The molecular formula is C29H43NO6SSi.